The molecule has 0 bridgehead atoms. The van der Waals surface area contributed by atoms with E-state index in [0.29, 0.717) is 25.2 Å². The molecule has 0 unspecified atom stereocenters. The monoisotopic (exact) mass is 314 g/mol. The fourth-order valence-corrected chi connectivity index (χ4v) is 1.70. The largest absolute Gasteiger partial charge is 0.494 e. The summed E-state index contributed by atoms with van der Waals surface area (Å²) in [6, 6.07) is 7.13. The number of unbranched alkanes of at least 4 members (excludes halogenated alkanes) is 2. The molecule has 6 heteroatoms. The first kappa shape index (κ1) is 19.2. The maximum Gasteiger partial charge on any atom is 0.305 e. The van der Waals surface area contributed by atoms with Crippen molar-refractivity contribution in [1.82, 2.24) is 0 Å². The summed E-state index contributed by atoms with van der Waals surface area (Å²) in [5.74, 6) is 0.684. The number of carbonyl (C=O) groups excluding carboxylic acids is 1. The maximum atomic E-state index is 11.1. The van der Waals surface area contributed by atoms with Crippen molar-refractivity contribution in [1.29, 1.82) is 5.41 Å². The minimum absolute atomic E-state index is 0. The van der Waals surface area contributed by atoms with E-state index in [0.717, 1.165) is 25.0 Å². The highest BCUT2D eigenvalue weighted by Gasteiger charge is 2.01. The number of carbonyl (C=O) groups is 1. The molecule has 0 heterocycles. The molecule has 0 aromatic heterocycles. The molecule has 0 atom stereocenters. The highest BCUT2D eigenvalue weighted by molar-refractivity contribution is 5.94. The smallest absolute Gasteiger partial charge is 0.305 e. The van der Waals surface area contributed by atoms with Gasteiger partial charge in [-0.2, -0.15) is 0 Å². The predicted octanol–water partition coefficient (Wildman–Crippen LogP) is 2.89. The minimum atomic E-state index is -0.131. The number of benzene rings is 1. The van der Waals surface area contributed by atoms with Crippen molar-refractivity contribution in [3.05, 3.63) is 29.8 Å². The summed E-state index contributed by atoms with van der Waals surface area (Å²) >= 11 is 0. The molecule has 1 aromatic rings. The second-order valence-electron chi connectivity index (χ2n) is 4.40. The molecule has 0 saturated carbocycles. The van der Waals surface area contributed by atoms with Gasteiger partial charge in [0.2, 0.25) is 0 Å². The quantitative estimate of drug-likeness (QED) is 0.317. The Morgan fingerprint density at radius 3 is 2.43 bits per heavy atom. The van der Waals surface area contributed by atoms with Crippen LogP contribution >= 0.6 is 12.4 Å². The topological polar surface area (TPSA) is 85.4 Å². The molecule has 0 saturated heterocycles. The molecule has 3 N–H and O–H groups in total. The third-order valence-corrected chi connectivity index (χ3v) is 2.76. The van der Waals surface area contributed by atoms with Crippen LogP contribution in [0, 0.1) is 5.41 Å². The molecule has 1 aromatic carbocycles. The number of hydrogen-bond acceptors (Lipinski definition) is 4. The average molecular weight is 315 g/mol. The van der Waals surface area contributed by atoms with Gasteiger partial charge in [0, 0.05) is 12.0 Å². The first-order valence-corrected chi connectivity index (χ1v) is 6.86. The zero-order valence-corrected chi connectivity index (χ0v) is 13.1. The lowest BCUT2D eigenvalue weighted by molar-refractivity contribution is -0.143. The number of amidine groups is 1. The van der Waals surface area contributed by atoms with E-state index in [1.807, 2.05) is 6.92 Å². The first-order valence-electron chi connectivity index (χ1n) is 6.86. The van der Waals surface area contributed by atoms with Gasteiger partial charge in [-0.3, -0.25) is 10.2 Å². The summed E-state index contributed by atoms with van der Waals surface area (Å²) in [5, 5.41) is 7.28. The predicted molar refractivity (Wildman–Crippen MR) is 85.3 cm³/mol. The van der Waals surface area contributed by atoms with Crippen molar-refractivity contribution in [3.63, 3.8) is 0 Å². The standard InChI is InChI=1S/C15H22N2O3.ClH/c1-2-19-14(18)6-4-3-5-11-20-13-9-7-12(8-10-13)15(16)17;/h7-10H,2-6,11H2,1H3,(H3,16,17);1H. The Morgan fingerprint density at radius 1 is 1.19 bits per heavy atom. The van der Waals surface area contributed by atoms with Gasteiger partial charge in [-0.1, -0.05) is 0 Å². The summed E-state index contributed by atoms with van der Waals surface area (Å²) < 4.78 is 10.4. The van der Waals surface area contributed by atoms with Gasteiger partial charge < -0.3 is 15.2 Å². The average Bonchev–Trinajstić information content (AvgIpc) is 2.43. The van der Waals surface area contributed by atoms with Gasteiger partial charge >= 0.3 is 5.97 Å². The number of esters is 1. The van der Waals surface area contributed by atoms with E-state index in [2.05, 4.69) is 0 Å². The molecule has 0 aliphatic carbocycles. The maximum absolute atomic E-state index is 11.1. The number of halogens is 1. The molecule has 118 valence electrons. The van der Waals surface area contributed by atoms with Crippen molar-refractivity contribution in [2.75, 3.05) is 13.2 Å². The molecule has 0 amide bonds. The van der Waals surface area contributed by atoms with Crippen molar-refractivity contribution in [2.24, 2.45) is 5.73 Å². The summed E-state index contributed by atoms with van der Waals surface area (Å²) in [6.07, 6.45) is 3.13. The number of nitrogens with two attached hydrogens (primary N) is 1. The summed E-state index contributed by atoms with van der Waals surface area (Å²) in [5.41, 5.74) is 6.06. The Bertz CT molecular complexity index is 435. The van der Waals surface area contributed by atoms with Gasteiger partial charge in [0.05, 0.1) is 13.2 Å². The molecule has 0 radical (unpaired) electrons. The summed E-state index contributed by atoms with van der Waals surface area (Å²) in [7, 11) is 0. The SMILES string of the molecule is CCOC(=O)CCCCCOc1ccc(C(=N)N)cc1.Cl. The Kier molecular flexibility index (Phi) is 10.1. The molecular weight excluding hydrogens is 292 g/mol. The Labute approximate surface area is 131 Å². The van der Waals surface area contributed by atoms with E-state index in [1.165, 1.54) is 0 Å². The van der Waals surface area contributed by atoms with Crippen LogP contribution in [0.5, 0.6) is 5.75 Å². The number of rotatable bonds is 9. The number of nitrogens with one attached hydrogen (secondary N) is 1. The Morgan fingerprint density at radius 2 is 1.86 bits per heavy atom. The van der Waals surface area contributed by atoms with Crippen LogP contribution in [0.25, 0.3) is 0 Å². The van der Waals surface area contributed by atoms with Crippen molar-refractivity contribution in [3.8, 4) is 5.75 Å². The van der Waals surface area contributed by atoms with Crippen LogP contribution in [0.3, 0.4) is 0 Å². The summed E-state index contributed by atoms with van der Waals surface area (Å²) in [6.45, 7) is 2.86. The third-order valence-electron chi connectivity index (χ3n) is 2.76. The number of ether oxygens (including phenoxy) is 2. The minimum Gasteiger partial charge on any atom is -0.494 e. The second-order valence-corrected chi connectivity index (χ2v) is 4.40. The highest BCUT2D eigenvalue weighted by atomic mass is 35.5. The molecule has 21 heavy (non-hydrogen) atoms. The molecule has 0 aliphatic rings. The van der Waals surface area contributed by atoms with Gasteiger partial charge in [-0.05, 0) is 50.5 Å². The summed E-state index contributed by atoms with van der Waals surface area (Å²) in [4.78, 5) is 11.1. The fourth-order valence-electron chi connectivity index (χ4n) is 1.70. The zero-order chi connectivity index (χ0) is 14.8. The fraction of sp³-hybridized carbons (Fsp3) is 0.467. The van der Waals surface area contributed by atoms with Crippen molar-refractivity contribution >= 4 is 24.2 Å². The molecule has 0 fully saturated rings. The highest BCUT2D eigenvalue weighted by Crippen LogP contribution is 2.12. The first-order chi connectivity index (χ1) is 9.63. The van der Waals surface area contributed by atoms with Crippen LogP contribution in [0.2, 0.25) is 0 Å². The second kappa shape index (κ2) is 11.0. The van der Waals surface area contributed by atoms with Crippen molar-refractivity contribution in [2.45, 2.75) is 32.6 Å². The van der Waals surface area contributed by atoms with E-state index in [-0.39, 0.29) is 24.2 Å². The van der Waals surface area contributed by atoms with E-state index >= 15 is 0 Å². The zero-order valence-electron chi connectivity index (χ0n) is 12.3. The Hall–Kier alpha value is -1.75. The molecular formula is C15H23ClN2O3. The van der Waals surface area contributed by atoms with Gasteiger partial charge in [0.15, 0.2) is 0 Å². The van der Waals surface area contributed by atoms with Crippen LogP contribution in [0.15, 0.2) is 24.3 Å². The lowest BCUT2D eigenvalue weighted by atomic mass is 10.2. The van der Waals surface area contributed by atoms with Crippen LogP contribution in [-0.2, 0) is 9.53 Å². The third kappa shape index (κ3) is 8.19. The van der Waals surface area contributed by atoms with Gasteiger partial charge in [0.1, 0.15) is 11.6 Å². The Balaban J connectivity index is 0.00000400. The van der Waals surface area contributed by atoms with Crippen molar-refractivity contribution < 1.29 is 14.3 Å². The van der Waals surface area contributed by atoms with Crippen LogP contribution in [0.1, 0.15) is 38.2 Å². The molecule has 5 nitrogen and oxygen atoms in total. The lowest BCUT2D eigenvalue weighted by Crippen LogP contribution is -2.10. The van der Waals surface area contributed by atoms with E-state index in [4.69, 9.17) is 20.6 Å². The van der Waals surface area contributed by atoms with Crippen LogP contribution in [-0.4, -0.2) is 25.0 Å². The van der Waals surface area contributed by atoms with E-state index in [1.54, 1.807) is 24.3 Å². The molecule has 1 rings (SSSR count). The van der Waals surface area contributed by atoms with Gasteiger partial charge in [0.25, 0.3) is 0 Å². The van der Waals surface area contributed by atoms with Crippen LogP contribution in [0.4, 0.5) is 0 Å². The lowest BCUT2D eigenvalue weighted by Gasteiger charge is -2.07. The number of nitrogen functional groups attached to an aromatic ring is 1. The van der Waals surface area contributed by atoms with Gasteiger partial charge in [-0.15, -0.1) is 12.4 Å². The van der Waals surface area contributed by atoms with Crippen LogP contribution < -0.4 is 10.5 Å². The van der Waals surface area contributed by atoms with E-state index < -0.39 is 0 Å². The molecule has 0 spiro atoms. The molecule has 0 aliphatic heterocycles. The van der Waals surface area contributed by atoms with E-state index in [9.17, 15) is 4.79 Å². The normalized spacial score (nSPS) is 9.57. The van der Waals surface area contributed by atoms with Gasteiger partial charge in [-0.25, -0.2) is 0 Å². The number of hydrogen-bond donors (Lipinski definition) is 2.